The second kappa shape index (κ2) is 8.45. The highest BCUT2D eigenvalue weighted by Gasteiger charge is 2.38. The average molecular weight is 315 g/mol. The van der Waals surface area contributed by atoms with Crippen molar-refractivity contribution in [2.45, 2.75) is 56.1 Å². The van der Waals surface area contributed by atoms with Crippen molar-refractivity contribution in [3.63, 3.8) is 0 Å². The molecular formula is C12H17F4NO2S. The number of hydrogen-bond donors (Lipinski definition) is 0. The first-order chi connectivity index (χ1) is 9.23. The van der Waals surface area contributed by atoms with Gasteiger partial charge < -0.3 is 0 Å². The summed E-state index contributed by atoms with van der Waals surface area (Å²) in [6, 6.07) is 2.06. The molecule has 1 aliphatic rings. The van der Waals surface area contributed by atoms with Crippen molar-refractivity contribution >= 4 is 11.8 Å². The minimum absolute atomic E-state index is 0.0925. The van der Waals surface area contributed by atoms with Crippen LogP contribution in [0.25, 0.3) is 0 Å². The number of halogens is 4. The normalized spacial score (nSPS) is 20.4. The molecule has 1 atom stereocenters. The van der Waals surface area contributed by atoms with Gasteiger partial charge in [-0.25, -0.2) is 17.6 Å². The van der Waals surface area contributed by atoms with Gasteiger partial charge >= 0.3 is 0 Å². The lowest BCUT2D eigenvalue weighted by Gasteiger charge is -2.30. The number of alkyl halides is 4. The molecule has 1 unspecified atom stereocenters. The van der Waals surface area contributed by atoms with Gasteiger partial charge in [-0.15, -0.1) is 11.8 Å². The van der Waals surface area contributed by atoms with E-state index in [0.29, 0.717) is 12.8 Å². The maximum Gasteiger partial charge on any atom is 0.248 e. The molecule has 0 saturated heterocycles. The molecule has 0 aromatic rings. The van der Waals surface area contributed by atoms with Crippen LogP contribution in [0.4, 0.5) is 17.6 Å². The maximum atomic E-state index is 13.0. The van der Waals surface area contributed by atoms with Crippen LogP contribution in [-0.4, -0.2) is 22.8 Å². The summed E-state index contributed by atoms with van der Waals surface area (Å²) in [5, 5.41) is 8.55. The lowest BCUT2D eigenvalue weighted by Crippen LogP contribution is -2.29. The number of rotatable bonds is 5. The van der Waals surface area contributed by atoms with Crippen LogP contribution in [0.15, 0.2) is 0 Å². The van der Waals surface area contributed by atoms with E-state index in [9.17, 15) is 17.6 Å². The molecule has 0 spiro atoms. The fourth-order valence-corrected chi connectivity index (χ4v) is 3.36. The van der Waals surface area contributed by atoms with Crippen molar-refractivity contribution in [2.24, 2.45) is 5.92 Å². The van der Waals surface area contributed by atoms with Crippen LogP contribution in [0.3, 0.4) is 0 Å². The zero-order valence-corrected chi connectivity index (χ0v) is 11.9. The molecule has 0 aromatic heterocycles. The summed E-state index contributed by atoms with van der Waals surface area (Å²) in [7, 11) is 0. The Hall–Kier alpha value is -0.840. The van der Waals surface area contributed by atoms with Gasteiger partial charge in [-0.3, -0.25) is 0 Å². The summed E-state index contributed by atoms with van der Waals surface area (Å²) in [6.07, 6.45) is -0.0547. The Morgan fingerprint density at radius 3 is 2.25 bits per heavy atom. The molecule has 0 heterocycles. The van der Waals surface area contributed by atoms with Crippen LogP contribution in [0.2, 0.25) is 0 Å². The van der Waals surface area contributed by atoms with Crippen LogP contribution < -0.4 is 0 Å². The first-order valence-corrected chi connectivity index (χ1v) is 7.22. The fraction of sp³-hybridized carbons (Fsp3) is 0.917. The van der Waals surface area contributed by atoms with Crippen LogP contribution in [0.1, 0.15) is 39.0 Å². The molecule has 1 saturated carbocycles. The third kappa shape index (κ3) is 7.68. The standard InChI is InChI=1S/C12H17F4NS.O2/c1-11(13,14)6-7-18-10(8-17)9-2-4-12(15,16)5-3-9;1-2/h9-10H,2-7H2,1H3;. The van der Waals surface area contributed by atoms with Gasteiger partial charge in [0.25, 0.3) is 0 Å². The Labute approximate surface area is 119 Å². The van der Waals surface area contributed by atoms with Gasteiger partial charge in [0, 0.05) is 34.9 Å². The smallest absolute Gasteiger partial charge is 0.207 e. The Morgan fingerprint density at radius 2 is 1.85 bits per heavy atom. The first-order valence-electron chi connectivity index (χ1n) is 6.17. The quantitative estimate of drug-likeness (QED) is 0.698. The fourth-order valence-electron chi connectivity index (χ4n) is 2.01. The van der Waals surface area contributed by atoms with Gasteiger partial charge in [0.2, 0.25) is 11.8 Å². The lowest BCUT2D eigenvalue weighted by atomic mass is 9.85. The Balaban J connectivity index is 0.00000172. The van der Waals surface area contributed by atoms with Gasteiger partial charge in [-0.1, -0.05) is 0 Å². The molecule has 20 heavy (non-hydrogen) atoms. The summed E-state index contributed by atoms with van der Waals surface area (Å²) < 4.78 is 51.2. The molecule has 0 bridgehead atoms. The van der Waals surface area contributed by atoms with E-state index in [1.54, 1.807) is 0 Å². The monoisotopic (exact) mass is 315 g/mol. The van der Waals surface area contributed by atoms with E-state index < -0.39 is 17.1 Å². The van der Waals surface area contributed by atoms with Crippen LogP contribution >= 0.6 is 11.8 Å². The Bertz CT molecular complexity index is 320. The zero-order chi connectivity index (χ0) is 15.8. The highest BCUT2D eigenvalue weighted by atomic mass is 32.2. The molecule has 0 radical (unpaired) electrons. The van der Waals surface area contributed by atoms with E-state index in [4.69, 9.17) is 15.2 Å². The highest BCUT2D eigenvalue weighted by Crippen LogP contribution is 2.40. The van der Waals surface area contributed by atoms with Crippen LogP contribution in [0, 0.1) is 27.2 Å². The maximum absolute atomic E-state index is 13.0. The van der Waals surface area contributed by atoms with E-state index in [-0.39, 0.29) is 30.9 Å². The summed E-state index contributed by atoms with van der Waals surface area (Å²) in [6.45, 7) is 0.843. The van der Waals surface area contributed by atoms with Gasteiger partial charge in [-0.2, -0.15) is 5.26 Å². The number of thioether (sulfide) groups is 1. The summed E-state index contributed by atoms with van der Waals surface area (Å²) >= 11 is 1.17. The summed E-state index contributed by atoms with van der Waals surface area (Å²) in [5.74, 6) is -5.25. The van der Waals surface area contributed by atoms with Crippen molar-refractivity contribution in [2.75, 3.05) is 5.75 Å². The lowest BCUT2D eigenvalue weighted by molar-refractivity contribution is -0.0446. The molecule has 0 amide bonds. The van der Waals surface area contributed by atoms with Crippen molar-refractivity contribution in [1.29, 1.82) is 5.26 Å². The zero-order valence-electron chi connectivity index (χ0n) is 11.1. The molecule has 0 aliphatic heterocycles. The predicted octanol–water partition coefficient (Wildman–Crippen LogP) is 4.55. The van der Waals surface area contributed by atoms with Crippen LogP contribution in [0.5, 0.6) is 0 Å². The largest absolute Gasteiger partial charge is 0.248 e. The second-order valence-corrected chi connectivity index (χ2v) is 6.18. The minimum Gasteiger partial charge on any atom is -0.207 e. The first kappa shape index (κ1) is 19.2. The molecule has 0 aromatic carbocycles. The van der Waals surface area contributed by atoms with Crippen molar-refractivity contribution in [3.05, 3.63) is 9.93 Å². The Morgan fingerprint density at radius 1 is 1.35 bits per heavy atom. The van der Waals surface area contributed by atoms with Gasteiger partial charge in [0.05, 0.1) is 11.3 Å². The molecule has 1 aliphatic carbocycles. The molecule has 8 heteroatoms. The number of nitrogens with zero attached hydrogens (tertiary/aromatic N) is 1. The predicted molar refractivity (Wildman–Crippen MR) is 70.7 cm³/mol. The van der Waals surface area contributed by atoms with E-state index >= 15 is 0 Å². The topological polar surface area (TPSA) is 57.9 Å². The van der Waals surface area contributed by atoms with Crippen molar-refractivity contribution in [1.82, 2.24) is 0 Å². The third-order valence-corrected chi connectivity index (χ3v) is 4.44. The van der Waals surface area contributed by atoms with E-state index in [0.717, 1.165) is 6.92 Å². The summed E-state index contributed by atoms with van der Waals surface area (Å²) in [5.41, 5.74) is 0. The number of nitriles is 1. The van der Waals surface area contributed by atoms with E-state index in [1.807, 2.05) is 0 Å². The minimum atomic E-state index is -2.73. The number of hydrogen-bond acceptors (Lipinski definition) is 4. The molecule has 1 rings (SSSR count). The van der Waals surface area contributed by atoms with E-state index in [2.05, 4.69) is 6.07 Å². The average Bonchev–Trinajstić information content (AvgIpc) is 2.36. The third-order valence-electron chi connectivity index (χ3n) is 3.16. The molecule has 3 nitrogen and oxygen atoms in total. The molecule has 116 valence electrons. The van der Waals surface area contributed by atoms with Gasteiger partial charge in [0.15, 0.2) is 0 Å². The Kier molecular flexibility index (Phi) is 8.09. The van der Waals surface area contributed by atoms with Crippen molar-refractivity contribution in [3.8, 4) is 6.07 Å². The van der Waals surface area contributed by atoms with Crippen LogP contribution in [-0.2, 0) is 0 Å². The molecule has 1 fully saturated rings. The summed E-state index contributed by atoms with van der Waals surface area (Å²) in [4.78, 5) is 14.0. The van der Waals surface area contributed by atoms with Crippen molar-refractivity contribution < 1.29 is 17.6 Å². The SMILES string of the molecule is CC(F)(F)CCSC(C#N)C1CCC(F)(F)CC1.O=O. The molecule has 0 N–H and O–H groups in total. The van der Waals surface area contributed by atoms with Gasteiger partial charge in [0.1, 0.15) is 0 Å². The highest BCUT2D eigenvalue weighted by molar-refractivity contribution is 8.00. The molecular weight excluding hydrogens is 298 g/mol. The van der Waals surface area contributed by atoms with Gasteiger partial charge in [-0.05, 0) is 25.7 Å². The second-order valence-electron chi connectivity index (χ2n) is 4.93. The van der Waals surface area contributed by atoms with E-state index in [1.165, 1.54) is 11.8 Å².